The van der Waals surface area contributed by atoms with Crippen LogP contribution in [0.25, 0.3) is 0 Å². The number of β-amino-alcohol motifs (C(OH)–C–C–N with tert-alkyl or cyclic N) is 1. The van der Waals surface area contributed by atoms with Crippen LogP contribution in [0.3, 0.4) is 0 Å². The van der Waals surface area contributed by atoms with Crippen molar-refractivity contribution in [1.82, 2.24) is 4.90 Å². The van der Waals surface area contributed by atoms with Crippen LogP contribution in [0.4, 0.5) is 0 Å². The normalized spacial score (nSPS) is 21.7. The molecule has 0 saturated carbocycles. The van der Waals surface area contributed by atoms with Crippen molar-refractivity contribution in [3.05, 3.63) is 48.0 Å². The van der Waals surface area contributed by atoms with Crippen LogP contribution in [0.5, 0.6) is 0 Å². The van der Waals surface area contributed by atoms with Crippen LogP contribution in [0.15, 0.2) is 36.9 Å². The van der Waals surface area contributed by atoms with Crippen molar-refractivity contribution in [2.45, 2.75) is 18.4 Å². The minimum Gasteiger partial charge on any atom is -0.383 e. The summed E-state index contributed by atoms with van der Waals surface area (Å²) in [4.78, 5) is 13.8. The lowest BCUT2D eigenvalue weighted by Crippen LogP contribution is -2.49. The van der Waals surface area contributed by atoms with Gasteiger partial charge >= 0.3 is 0 Å². The Labute approximate surface area is 112 Å². The summed E-state index contributed by atoms with van der Waals surface area (Å²) in [5.74, 6) is -0.125. The molecule has 0 radical (unpaired) electrons. The smallest absolute Gasteiger partial charge is 0.254 e. The first-order valence-corrected chi connectivity index (χ1v) is 6.21. The lowest BCUT2D eigenvalue weighted by atomic mass is 9.83. The van der Waals surface area contributed by atoms with Gasteiger partial charge in [0.2, 0.25) is 0 Å². The van der Waals surface area contributed by atoms with E-state index in [0.29, 0.717) is 24.1 Å². The number of carbonyl (C=O) groups excluding carboxylic acids is 1. The van der Waals surface area contributed by atoms with Crippen molar-refractivity contribution < 1.29 is 9.90 Å². The summed E-state index contributed by atoms with van der Waals surface area (Å²) in [6.07, 6.45) is 2.29. The molecule has 4 heteroatoms. The highest BCUT2D eigenvalue weighted by atomic mass is 16.3. The predicted octanol–water partition coefficient (Wildman–Crippen LogP) is 1.82. The molecule has 98 valence electrons. The standard InChI is InChI=1S/C15H16N2O2/c1-2-8-15(19)11-17(10-5-9-16)14(18)12-6-3-4-7-13(12)15/h2-4,6-7,19H,1,5,8,10-11H2. The SMILES string of the molecule is C=CCC1(O)CN(CCC#N)C(=O)c2ccccc21. The number of hydrogen-bond acceptors (Lipinski definition) is 3. The van der Waals surface area contributed by atoms with E-state index in [-0.39, 0.29) is 18.9 Å². The summed E-state index contributed by atoms with van der Waals surface area (Å²) in [5, 5.41) is 19.4. The number of carbonyl (C=O) groups is 1. The minimum absolute atomic E-state index is 0.125. The molecule has 1 atom stereocenters. The van der Waals surface area contributed by atoms with Crippen molar-refractivity contribution >= 4 is 5.91 Å². The van der Waals surface area contributed by atoms with Crippen molar-refractivity contribution in [3.63, 3.8) is 0 Å². The third-order valence-electron chi connectivity index (χ3n) is 3.37. The fourth-order valence-corrected chi connectivity index (χ4v) is 2.50. The molecule has 1 unspecified atom stereocenters. The molecule has 0 spiro atoms. The Kier molecular flexibility index (Phi) is 3.68. The first kappa shape index (κ1) is 13.3. The molecule has 0 saturated heterocycles. The van der Waals surface area contributed by atoms with Gasteiger partial charge in [-0.3, -0.25) is 4.79 Å². The van der Waals surface area contributed by atoms with E-state index in [4.69, 9.17) is 5.26 Å². The number of nitriles is 1. The Balaban J connectivity index is 2.42. The van der Waals surface area contributed by atoms with Crippen molar-refractivity contribution in [1.29, 1.82) is 5.26 Å². The second kappa shape index (κ2) is 5.25. The third-order valence-corrected chi connectivity index (χ3v) is 3.37. The number of rotatable bonds is 4. The van der Waals surface area contributed by atoms with Gasteiger partial charge in [-0.1, -0.05) is 24.3 Å². The number of benzene rings is 1. The average molecular weight is 256 g/mol. The van der Waals surface area contributed by atoms with Gasteiger partial charge in [0, 0.05) is 12.1 Å². The highest BCUT2D eigenvalue weighted by Gasteiger charge is 2.40. The van der Waals surface area contributed by atoms with E-state index in [9.17, 15) is 9.90 Å². The van der Waals surface area contributed by atoms with E-state index in [1.54, 1.807) is 24.3 Å². The molecule has 0 aliphatic carbocycles. The van der Waals surface area contributed by atoms with E-state index < -0.39 is 5.60 Å². The maximum atomic E-state index is 12.3. The maximum Gasteiger partial charge on any atom is 0.254 e. The summed E-state index contributed by atoms with van der Waals surface area (Å²) in [6, 6.07) is 9.10. The quantitative estimate of drug-likeness (QED) is 0.836. The van der Waals surface area contributed by atoms with Gasteiger partial charge in [-0.15, -0.1) is 6.58 Å². The number of aliphatic hydroxyl groups is 1. The van der Waals surface area contributed by atoms with E-state index in [0.717, 1.165) is 0 Å². The number of nitrogens with zero attached hydrogens (tertiary/aromatic N) is 2. The predicted molar refractivity (Wildman–Crippen MR) is 71.3 cm³/mol. The van der Waals surface area contributed by atoms with Crippen molar-refractivity contribution in [2.24, 2.45) is 0 Å². The molecule has 0 fully saturated rings. The molecule has 19 heavy (non-hydrogen) atoms. The van der Waals surface area contributed by atoms with E-state index in [2.05, 4.69) is 6.58 Å². The molecule has 1 aliphatic rings. The Morgan fingerprint density at radius 1 is 1.53 bits per heavy atom. The summed E-state index contributed by atoms with van der Waals surface area (Å²) in [7, 11) is 0. The molecule has 0 bridgehead atoms. The van der Waals surface area contributed by atoms with Crippen LogP contribution in [-0.2, 0) is 5.60 Å². The zero-order valence-corrected chi connectivity index (χ0v) is 10.7. The highest BCUT2D eigenvalue weighted by Crippen LogP contribution is 2.34. The van der Waals surface area contributed by atoms with Crippen molar-refractivity contribution in [3.8, 4) is 6.07 Å². The average Bonchev–Trinajstić information content (AvgIpc) is 2.42. The topological polar surface area (TPSA) is 64.3 Å². The fraction of sp³-hybridized carbons (Fsp3) is 0.333. The highest BCUT2D eigenvalue weighted by molar-refractivity contribution is 5.97. The fourth-order valence-electron chi connectivity index (χ4n) is 2.50. The summed E-state index contributed by atoms with van der Waals surface area (Å²) >= 11 is 0. The van der Waals surface area contributed by atoms with Gasteiger partial charge in [0.15, 0.2) is 0 Å². The molecule has 1 amide bonds. The first-order valence-electron chi connectivity index (χ1n) is 6.21. The van der Waals surface area contributed by atoms with Crippen LogP contribution >= 0.6 is 0 Å². The molecule has 1 aromatic rings. The monoisotopic (exact) mass is 256 g/mol. The van der Waals surface area contributed by atoms with Crippen LogP contribution in [-0.4, -0.2) is 29.0 Å². The zero-order valence-electron chi connectivity index (χ0n) is 10.7. The van der Waals surface area contributed by atoms with Gasteiger partial charge in [-0.25, -0.2) is 0 Å². The largest absolute Gasteiger partial charge is 0.383 e. The zero-order chi connectivity index (χ0) is 13.9. The second-order valence-corrected chi connectivity index (χ2v) is 4.70. The molecule has 2 rings (SSSR count). The Morgan fingerprint density at radius 3 is 2.95 bits per heavy atom. The Bertz CT molecular complexity index is 547. The molecule has 1 heterocycles. The van der Waals surface area contributed by atoms with Gasteiger partial charge in [-0.2, -0.15) is 5.26 Å². The molecular formula is C15H16N2O2. The van der Waals surface area contributed by atoms with Gasteiger partial charge in [0.05, 0.1) is 19.0 Å². The van der Waals surface area contributed by atoms with Gasteiger partial charge in [0.25, 0.3) is 5.91 Å². The molecule has 1 N–H and O–H groups in total. The molecular weight excluding hydrogens is 240 g/mol. The third kappa shape index (κ3) is 2.38. The van der Waals surface area contributed by atoms with Crippen LogP contribution in [0, 0.1) is 11.3 Å². The Morgan fingerprint density at radius 2 is 2.26 bits per heavy atom. The van der Waals surface area contributed by atoms with Crippen molar-refractivity contribution in [2.75, 3.05) is 13.1 Å². The van der Waals surface area contributed by atoms with Gasteiger partial charge in [-0.05, 0) is 18.1 Å². The Hall–Kier alpha value is -2.12. The first-order chi connectivity index (χ1) is 9.12. The molecule has 1 aliphatic heterocycles. The lowest BCUT2D eigenvalue weighted by molar-refractivity contribution is -0.00589. The molecule has 4 nitrogen and oxygen atoms in total. The van der Waals surface area contributed by atoms with Crippen LogP contribution < -0.4 is 0 Å². The van der Waals surface area contributed by atoms with Gasteiger partial charge in [0.1, 0.15) is 5.60 Å². The number of hydrogen-bond donors (Lipinski definition) is 1. The maximum absolute atomic E-state index is 12.3. The second-order valence-electron chi connectivity index (χ2n) is 4.70. The molecule has 1 aromatic carbocycles. The van der Waals surface area contributed by atoms with E-state index >= 15 is 0 Å². The number of fused-ring (bicyclic) bond motifs is 1. The van der Waals surface area contributed by atoms with Gasteiger partial charge < -0.3 is 10.0 Å². The summed E-state index contributed by atoms with van der Waals surface area (Å²) < 4.78 is 0. The number of amides is 1. The summed E-state index contributed by atoms with van der Waals surface area (Å²) in [6.45, 7) is 4.20. The minimum atomic E-state index is -1.11. The van der Waals surface area contributed by atoms with Crippen LogP contribution in [0.2, 0.25) is 0 Å². The van der Waals surface area contributed by atoms with E-state index in [1.165, 1.54) is 4.90 Å². The molecule has 0 aromatic heterocycles. The van der Waals surface area contributed by atoms with Crippen LogP contribution in [0.1, 0.15) is 28.8 Å². The van der Waals surface area contributed by atoms with E-state index in [1.807, 2.05) is 12.1 Å². The lowest BCUT2D eigenvalue weighted by Gasteiger charge is -2.39. The summed E-state index contributed by atoms with van der Waals surface area (Å²) in [5.41, 5.74) is 0.0472.